The van der Waals surface area contributed by atoms with E-state index in [-0.39, 0.29) is 11.6 Å². The fraction of sp³-hybridized carbons (Fsp3) is 0.167. The molecule has 0 aliphatic heterocycles. The average molecular weight is 310 g/mol. The lowest BCUT2D eigenvalue weighted by molar-refractivity contribution is 0.0984. The summed E-state index contributed by atoms with van der Waals surface area (Å²) < 4.78 is 5.75. The Morgan fingerprint density at radius 1 is 1.44 bits per heavy atom. The van der Waals surface area contributed by atoms with Crippen LogP contribution in [0, 0.1) is 6.92 Å². The molecule has 0 saturated carbocycles. The summed E-state index contributed by atoms with van der Waals surface area (Å²) in [6, 6.07) is 6.93. The van der Waals surface area contributed by atoms with E-state index in [1.165, 1.54) is 4.90 Å². The van der Waals surface area contributed by atoms with Crippen LogP contribution in [0.15, 0.2) is 33.3 Å². The molecule has 1 aromatic heterocycles. The Labute approximate surface area is 113 Å². The Bertz CT molecular complexity index is 595. The molecule has 2 N–H and O–H groups in total. The van der Waals surface area contributed by atoms with Gasteiger partial charge in [0, 0.05) is 17.6 Å². The van der Waals surface area contributed by atoms with Gasteiger partial charge in [-0.1, -0.05) is 21.1 Å². The first kappa shape index (κ1) is 12.6. The average Bonchev–Trinajstić information content (AvgIpc) is 2.74. The minimum absolute atomic E-state index is 0.261. The van der Waals surface area contributed by atoms with Gasteiger partial charge in [-0.25, -0.2) is 0 Å². The van der Waals surface area contributed by atoms with E-state index < -0.39 is 0 Å². The number of nitrogen functional groups attached to an aromatic ring is 1. The summed E-state index contributed by atoms with van der Waals surface area (Å²) in [7, 11) is 1.64. The minimum atomic E-state index is -0.263. The predicted molar refractivity (Wildman–Crippen MR) is 72.5 cm³/mol. The normalized spacial score (nSPS) is 10.4. The quantitative estimate of drug-likeness (QED) is 0.865. The van der Waals surface area contributed by atoms with Crippen LogP contribution in [-0.4, -0.2) is 18.1 Å². The number of aromatic nitrogens is 1. The molecule has 0 bridgehead atoms. The smallest absolute Gasteiger partial charge is 0.280 e. The Morgan fingerprint density at radius 2 is 2.17 bits per heavy atom. The highest BCUT2D eigenvalue weighted by atomic mass is 79.9. The summed E-state index contributed by atoms with van der Waals surface area (Å²) in [5, 5.41) is 3.69. The zero-order chi connectivity index (χ0) is 13.3. The van der Waals surface area contributed by atoms with E-state index in [1.807, 2.05) is 6.07 Å². The summed E-state index contributed by atoms with van der Waals surface area (Å²) in [5.41, 5.74) is 7.28. The molecule has 6 heteroatoms. The van der Waals surface area contributed by atoms with Crippen LogP contribution in [0.25, 0.3) is 0 Å². The van der Waals surface area contributed by atoms with Crippen LogP contribution in [0.3, 0.4) is 0 Å². The first-order valence-corrected chi connectivity index (χ1v) is 6.04. The van der Waals surface area contributed by atoms with Crippen molar-refractivity contribution in [3.8, 4) is 0 Å². The number of rotatable bonds is 2. The van der Waals surface area contributed by atoms with Crippen molar-refractivity contribution in [3.63, 3.8) is 0 Å². The third-order valence-electron chi connectivity index (χ3n) is 2.50. The Hall–Kier alpha value is -1.82. The van der Waals surface area contributed by atoms with Crippen molar-refractivity contribution in [2.75, 3.05) is 17.7 Å². The molecule has 94 valence electrons. The van der Waals surface area contributed by atoms with Gasteiger partial charge in [-0.2, -0.15) is 0 Å². The molecule has 0 spiro atoms. The molecule has 0 aliphatic rings. The number of nitrogens with zero attached hydrogens (tertiary/aromatic N) is 2. The highest BCUT2D eigenvalue weighted by Gasteiger charge is 2.18. The molecule has 1 aromatic carbocycles. The van der Waals surface area contributed by atoms with Gasteiger partial charge in [0.2, 0.25) is 0 Å². The van der Waals surface area contributed by atoms with E-state index in [0.717, 1.165) is 4.47 Å². The molecule has 0 fully saturated rings. The van der Waals surface area contributed by atoms with Gasteiger partial charge in [0.15, 0.2) is 5.69 Å². The maximum atomic E-state index is 12.1. The van der Waals surface area contributed by atoms with Crippen LogP contribution in [0.1, 0.15) is 16.2 Å². The number of aryl methyl sites for hydroxylation is 1. The van der Waals surface area contributed by atoms with Crippen molar-refractivity contribution in [3.05, 3.63) is 40.2 Å². The number of carbonyl (C=O) groups is 1. The zero-order valence-electron chi connectivity index (χ0n) is 9.98. The molecule has 0 aliphatic carbocycles. The molecular formula is C12H12BrN3O2. The summed E-state index contributed by atoms with van der Waals surface area (Å²) in [4.78, 5) is 13.6. The molecule has 0 saturated heterocycles. The van der Waals surface area contributed by atoms with Gasteiger partial charge in [0.1, 0.15) is 5.76 Å². The fourth-order valence-corrected chi connectivity index (χ4v) is 1.96. The fourth-order valence-electron chi connectivity index (χ4n) is 1.58. The number of anilines is 2. The highest BCUT2D eigenvalue weighted by molar-refractivity contribution is 9.10. The van der Waals surface area contributed by atoms with E-state index in [4.69, 9.17) is 10.3 Å². The van der Waals surface area contributed by atoms with Gasteiger partial charge in [0.05, 0.1) is 11.4 Å². The van der Waals surface area contributed by atoms with Gasteiger partial charge in [0.25, 0.3) is 5.91 Å². The van der Waals surface area contributed by atoms with Crippen LogP contribution >= 0.6 is 15.9 Å². The Kier molecular flexibility index (Phi) is 3.38. The van der Waals surface area contributed by atoms with Gasteiger partial charge in [-0.3, -0.25) is 4.79 Å². The lowest BCUT2D eigenvalue weighted by Gasteiger charge is -2.17. The van der Waals surface area contributed by atoms with Crippen molar-refractivity contribution in [1.29, 1.82) is 0 Å². The third kappa shape index (κ3) is 2.38. The van der Waals surface area contributed by atoms with E-state index in [9.17, 15) is 4.79 Å². The van der Waals surface area contributed by atoms with Gasteiger partial charge >= 0.3 is 0 Å². The summed E-state index contributed by atoms with van der Waals surface area (Å²) in [5.74, 6) is 0.330. The van der Waals surface area contributed by atoms with Gasteiger partial charge < -0.3 is 15.2 Å². The van der Waals surface area contributed by atoms with Gasteiger partial charge in [-0.05, 0) is 25.1 Å². The second-order valence-electron chi connectivity index (χ2n) is 3.89. The van der Waals surface area contributed by atoms with Crippen LogP contribution in [0.2, 0.25) is 0 Å². The summed E-state index contributed by atoms with van der Waals surface area (Å²) in [6.07, 6.45) is 0. The molecular weight excluding hydrogens is 298 g/mol. The molecule has 18 heavy (non-hydrogen) atoms. The van der Waals surface area contributed by atoms with Crippen molar-refractivity contribution < 1.29 is 9.32 Å². The molecule has 2 rings (SSSR count). The van der Waals surface area contributed by atoms with E-state index >= 15 is 0 Å². The minimum Gasteiger partial charge on any atom is -0.397 e. The molecule has 2 aromatic rings. The highest BCUT2D eigenvalue weighted by Crippen LogP contribution is 2.26. The monoisotopic (exact) mass is 309 g/mol. The molecule has 0 unspecified atom stereocenters. The largest absolute Gasteiger partial charge is 0.397 e. The SMILES string of the molecule is Cc1cc(C(=O)N(C)c2ccc(Br)cc2N)no1. The van der Waals surface area contributed by atoms with Gasteiger partial charge in [-0.15, -0.1) is 0 Å². The van der Waals surface area contributed by atoms with Crippen LogP contribution in [0.4, 0.5) is 11.4 Å². The number of halogens is 1. The van der Waals surface area contributed by atoms with Crippen LogP contribution in [0.5, 0.6) is 0 Å². The second-order valence-corrected chi connectivity index (χ2v) is 4.81. The predicted octanol–water partition coefficient (Wildman–Crippen LogP) is 2.60. The number of hydrogen-bond donors (Lipinski definition) is 1. The maximum Gasteiger partial charge on any atom is 0.280 e. The van der Waals surface area contributed by atoms with E-state index in [0.29, 0.717) is 17.1 Å². The number of carbonyl (C=O) groups excluding carboxylic acids is 1. The van der Waals surface area contributed by atoms with Crippen molar-refractivity contribution in [2.45, 2.75) is 6.92 Å². The van der Waals surface area contributed by atoms with E-state index in [2.05, 4.69) is 21.1 Å². The summed E-state index contributed by atoms with van der Waals surface area (Å²) >= 11 is 3.32. The third-order valence-corrected chi connectivity index (χ3v) is 3.00. The summed E-state index contributed by atoms with van der Waals surface area (Å²) in [6.45, 7) is 1.73. The zero-order valence-corrected chi connectivity index (χ0v) is 11.6. The van der Waals surface area contributed by atoms with Crippen molar-refractivity contribution >= 4 is 33.2 Å². The standard InChI is InChI=1S/C12H12BrN3O2/c1-7-5-10(15-18-7)12(17)16(2)11-4-3-8(13)6-9(11)14/h3-6H,14H2,1-2H3. The Balaban J connectivity index is 2.31. The van der Waals surface area contributed by atoms with E-state index in [1.54, 1.807) is 32.2 Å². The lowest BCUT2D eigenvalue weighted by atomic mass is 10.2. The number of nitrogens with two attached hydrogens (primary N) is 1. The molecule has 1 amide bonds. The number of hydrogen-bond acceptors (Lipinski definition) is 4. The number of benzene rings is 1. The van der Waals surface area contributed by atoms with Crippen LogP contribution in [-0.2, 0) is 0 Å². The molecule has 0 radical (unpaired) electrons. The Morgan fingerprint density at radius 3 is 2.72 bits per heavy atom. The first-order chi connectivity index (χ1) is 8.49. The topological polar surface area (TPSA) is 72.4 Å². The van der Waals surface area contributed by atoms with Crippen molar-refractivity contribution in [2.24, 2.45) is 0 Å². The van der Waals surface area contributed by atoms with Crippen molar-refractivity contribution in [1.82, 2.24) is 5.16 Å². The molecule has 0 atom stereocenters. The first-order valence-electron chi connectivity index (χ1n) is 5.25. The van der Waals surface area contributed by atoms with Crippen LogP contribution < -0.4 is 10.6 Å². The number of amides is 1. The lowest BCUT2D eigenvalue weighted by Crippen LogP contribution is -2.27. The molecule has 5 nitrogen and oxygen atoms in total. The second kappa shape index (κ2) is 4.81. The maximum absolute atomic E-state index is 12.1. The molecule has 1 heterocycles.